The molecular weight excluding hydrogens is 252 g/mol. The third kappa shape index (κ3) is 5.45. The zero-order valence-corrected chi connectivity index (χ0v) is 10.5. The molecule has 1 amide bonds. The fourth-order valence-electron chi connectivity index (χ4n) is 1.40. The van der Waals surface area contributed by atoms with Crippen molar-refractivity contribution < 1.29 is 24.9 Å². The Morgan fingerprint density at radius 2 is 1.79 bits per heavy atom. The fourth-order valence-corrected chi connectivity index (χ4v) is 1.40. The van der Waals surface area contributed by atoms with Crippen LogP contribution in [0, 0.1) is 0 Å². The number of hydrogen-bond donors (Lipinski definition) is 5. The number of benzene rings is 1. The maximum Gasteiger partial charge on any atom is 0.404 e. The number of carbonyl (C=O) groups is 1. The second-order valence-corrected chi connectivity index (χ2v) is 3.93. The van der Waals surface area contributed by atoms with E-state index < -0.39 is 18.3 Å². The lowest BCUT2D eigenvalue weighted by molar-refractivity contribution is 0.0288. The maximum absolute atomic E-state index is 10.2. The molecule has 0 radical (unpaired) electrons. The van der Waals surface area contributed by atoms with Gasteiger partial charge in [0.1, 0.15) is 5.75 Å². The van der Waals surface area contributed by atoms with Crippen molar-refractivity contribution in [1.82, 2.24) is 5.32 Å². The first-order chi connectivity index (χ1) is 9.02. The lowest BCUT2D eigenvalue weighted by Crippen LogP contribution is -2.41. The number of aliphatic hydroxyl groups excluding tert-OH is 2. The molecule has 5 N–H and O–H groups in total. The van der Waals surface area contributed by atoms with Crippen LogP contribution >= 0.6 is 0 Å². The Hall–Kier alpha value is -1.99. The third-order valence-corrected chi connectivity index (χ3v) is 2.51. The number of ether oxygens (including phenoxy) is 1. The number of nitrogens with one attached hydrogen (secondary N) is 2. The van der Waals surface area contributed by atoms with Crippen molar-refractivity contribution in [2.75, 3.05) is 25.5 Å². The van der Waals surface area contributed by atoms with Gasteiger partial charge in [0.2, 0.25) is 0 Å². The summed E-state index contributed by atoms with van der Waals surface area (Å²) in [6, 6.07) is 7.06. The van der Waals surface area contributed by atoms with E-state index in [2.05, 4.69) is 5.32 Å². The molecule has 7 nitrogen and oxygen atoms in total. The Kier molecular flexibility index (Phi) is 5.91. The minimum Gasteiger partial charge on any atom is -0.497 e. The molecule has 0 bridgehead atoms. The Morgan fingerprint density at radius 1 is 1.21 bits per heavy atom. The molecule has 0 aromatic heterocycles. The van der Waals surface area contributed by atoms with Crippen molar-refractivity contribution in [3.05, 3.63) is 24.3 Å². The standard InChI is InChI=1S/C12H18N2O5/c1-19-9-4-2-8(3-5-9)13-6-10(15)11(16)7-14-12(17)18/h2-5,10-11,13-16H,6-7H2,1H3,(H,17,18)/t10-,11-/m1/s1. The van der Waals surface area contributed by atoms with E-state index >= 15 is 0 Å². The number of aliphatic hydroxyl groups is 2. The number of methoxy groups -OCH3 is 1. The van der Waals surface area contributed by atoms with Gasteiger partial charge in [0.15, 0.2) is 0 Å². The summed E-state index contributed by atoms with van der Waals surface area (Å²) in [5.41, 5.74) is 0.762. The average molecular weight is 270 g/mol. The molecule has 106 valence electrons. The molecule has 0 saturated carbocycles. The Morgan fingerprint density at radius 3 is 2.32 bits per heavy atom. The van der Waals surface area contributed by atoms with Crippen molar-refractivity contribution >= 4 is 11.8 Å². The van der Waals surface area contributed by atoms with E-state index in [9.17, 15) is 15.0 Å². The van der Waals surface area contributed by atoms with Crippen molar-refractivity contribution in [3.8, 4) is 5.75 Å². The number of carboxylic acid groups (broad SMARTS) is 1. The van der Waals surface area contributed by atoms with E-state index in [1.54, 1.807) is 31.4 Å². The molecule has 1 aromatic rings. The number of hydrogen-bond acceptors (Lipinski definition) is 5. The zero-order chi connectivity index (χ0) is 14.3. The van der Waals surface area contributed by atoms with Crippen LogP contribution in [-0.2, 0) is 0 Å². The Balaban J connectivity index is 2.35. The van der Waals surface area contributed by atoms with Crippen LogP contribution in [0.5, 0.6) is 5.75 Å². The van der Waals surface area contributed by atoms with Gasteiger partial charge in [0.25, 0.3) is 0 Å². The monoisotopic (exact) mass is 270 g/mol. The number of rotatable bonds is 7. The summed E-state index contributed by atoms with van der Waals surface area (Å²) < 4.78 is 5.01. The lowest BCUT2D eigenvalue weighted by atomic mass is 10.2. The van der Waals surface area contributed by atoms with Crippen LogP contribution in [0.4, 0.5) is 10.5 Å². The van der Waals surface area contributed by atoms with Crippen LogP contribution in [0.2, 0.25) is 0 Å². The van der Waals surface area contributed by atoms with Crippen LogP contribution in [0.25, 0.3) is 0 Å². The molecule has 0 aliphatic carbocycles. The fraction of sp³-hybridized carbons (Fsp3) is 0.417. The third-order valence-electron chi connectivity index (χ3n) is 2.51. The minimum atomic E-state index is -1.24. The number of amides is 1. The van der Waals surface area contributed by atoms with Gasteiger partial charge < -0.3 is 30.7 Å². The second-order valence-electron chi connectivity index (χ2n) is 3.93. The van der Waals surface area contributed by atoms with Gasteiger partial charge in [-0.2, -0.15) is 0 Å². The summed E-state index contributed by atoms with van der Waals surface area (Å²) in [6.07, 6.45) is -3.48. The van der Waals surface area contributed by atoms with E-state index in [4.69, 9.17) is 9.84 Å². The normalized spacial score (nSPS) is 13.4. The molecule has 1 rings (SSSR count). The van der Waals surface area contributed by atoms with Gasteiger partial charge in [-0.25, -0.2) is 4.79 Å². The summed E-state index contributed by atoms with van der Waals surface area (Å²) in [7, 11) is 1.57. The highest BCUT2D eigenvalue weighted by molar-refractivity contribution is 5.64. The molecule has 0 fully saturated rings. The van der Waals surface area contributed by atoms with Gasteiger partial charge in [-0.05, 0) is 24.3 Å². The summed E-state index contributed by atoms with van der Waals surface area (Å²) in [5, 5.41) is 32.4. The van der Waals surface area contributed by atoms with E-state index in [1.807, 2.05) is 5.32 Å². The quantitative estimate of drug-likeness (QED) is 0.480. The second kappa shape index (κ2) is 7.45. The highest BCUT2D eigenvalue weighted by Crippen LogP contribution is 2.14. The Labute approximate surface area is 110 Å². The zero-order valence-electron chi connectivity index (χ0n) is 10.5. The van der Waals surface area contributed by atoms with Crippen molar-refractivity contribution in [2.45, 2.75) is 12.2 Å². The van der Waals surface area contributed by atoms with Gasteiger partial charge in [-0.1, -0.05) is 0 Å². The predicted octanol–water partition coefficient (Wildman–Crippen LogP) is 0.0965. The van der Waals surface area contributed by atoms with Gasteiger partial charge in [0, 0.05) is 18.8 Å². The molecule has 1 aromatic carbocycles. The molecular formula is C12H18N2O5. The van der Waals surface area contributed by atoms with Crippen LogP contribution < -0.4 is 15.4 Å². The summed E-state index contributed by atoms with van der Waals surface area (Å²) in [5.74, 6) is 0.719. The highest BCUT2D eigenvalue weighted by Gasteiger charge is 2.16. The van der Waals surface area contributed by atoms with Crippen molar-refractivity contribution in [3.63, 3.8) is 0 Å². The van der Waals surface area contributed by atoms with Gasteiger partial charge >= 0.3 is 6.09 Å². The molecule has 7 heteroatoms. The molecule has 0 unspecified atom stereocenters. The molecule has 0 aliphatic heterocycles. The number of anilines is 1. The van der Waals surface area contributed by atoms with Crippen molar-refractivity contribution in [1.29, 1.82) is 0 Å². The molecule has 0 aliphatic rings. The smallest absolute Gasteiger partial charge is 0.404 e. The molecule has 2 atom stereocenters. The summed E-state index contributed by atoms with van der Waals surface area (Å²) in [4.78, 5) is 10.2. The van der Waals surface area contributed by atoms with Gasteiger partial charge in [-0.3, -0.25) is 0 Å². The predicted molar refractivity (Wildman–Crippen MR) is 69.5 cm³/mol. The van der Waals surface area contributed by atoms with Crippen LogP contribution in [0.15, 0.2) is 24.3 Å². The topological polar surface area (TPSA) is 111 Å². The summed E-state index contributed by atoms with van der Waals surface area (Å²) >= 11 is 0. The van der Waals surface area contributed by atoms with E-state index in [0.29, 0.717) is 0 Å². The van der Waals surface area contributed by atoms with E-state index in [-0.39, 0.29) is 13.1 Å². The molecule has 0 spiro atoms. The van der Waals surface area contributed by atoms with Crippen LogP contribution in [-0.4, -0.2) is 53.8 Å². The van der Waals surface area contributed by atoms with Gasteiger partial charge in [-0.15, -0.1) is 0 Å². The SMILES string of the molecule is COc1ccc(NC[C@@H](O)[C@H](O)CNC(=O)O)cc1. The maximum atomic E-state index is 10.2. The molecule has 0 heterocycles. The average Bonchev–Trinajstić information content (AvgIpc) is 2.42. The van der Waals surface area contributed by atoms with Crippen LogP contribution in [0.1, 0.15) is 0 Å². The van der Waals surface area contributed by atoms with E-state index in [1.165, 1.54) is 0 Å². The van der Waals surface area contributed by atoms with Gasteiger partial charge in [0.05, 0.1) is 19.3 Å². The largest absolute Gasteiger partial charge is 0.497 e. The molecule has 0 saturated heterocycles. The first-order valence-corrected chi connectivity index (χ1v) is 5.73. The molecule has 19 heavy (non-hydrogen) atoms. The van der Waals surface area contributed by atoms with Crippen molar-refractivity contribution in [2.24, 2.45) is 0 Å². The highest BCUT2D eigenvalue weighted by atomic mass is 16.5. The minimum absolute atomic E-state index is 0.106. The Bertz CT molecular complexity index is 396. The first kappa shape index (κ1) is 15.1. The van der Waals surface area contributed by atoms with E-state index in [0.717, 1.165) is 11.4 Å². The lowest BCUT2D eigenvalue weighted by Gasteiger charge is -2.18. The summed E-state index contributed by atoms with van der Waals surface area (Å²) in [6.45, 7) is -0.115. The first-order valence-electron chi connectivity index (χ1n) is 5.73. The van der Waals surface area contributed by atoms with Crippen LogP contribution in [0.3, 0.4) is 0 Å².